The van der Waals surface area contributed by atoms with E-state index >= 15 is 0 Å². The van der Waals surface area contributed by atoms with E-state index in [1.165, 1.54) is 12.8 Å². The lowest BCUT2D eigenvalue weighted by atomic mass is 9.93. The highest BCUT2D eigenvalue weighted by molar-refractivity contribution is 5.79. The van der Waals surface area contributed by atoms with Gasteiger partial charge in [-0.15, -0.1) is 0 Å². The molecule has 0 radical (unpaired) electrons. The molecule has 1 fully saturated rings. The van der Waals surface area contributed by atoms with Crippen LogP contribution in [0.2, 0.25) is 0 Å². The highest BCUT2D eigenvalue weighted by atomic mass is 16.2. The van der Waals surface area contributed by atoms with Crippen LogP contribution < -0.4 is 5.73 Å². The van der Waals surface area contributed by atoms with Gasteiger partial charge in [0.1, 0.15) is 0 Å². The molecule has 100 valence electrons. The van der Waals surface area contributed by atoms with Crippen molar-refractivity contribution < 1.29 is 4.79 Å². The van der Waals surface area contributed by atoms with Gasteiger partial charge in [-0.3, -0.25) is 4.79 Å². The van der Waals surface area contributed by atoms with Crippen LogP contribution in [0.15, 0.2) is 0 Å². The fourth-order valence-corrected chi connectivity index (χ4v) is 2.50. The molecule has 1 aliphatic rings. The summed E-state index contributed by atoms with van der Waals surface area (Å²) in [5.41, 5.74) is 5.77. The van der Waals surface area contributed by atoms with Crippen molar-refractivity contribution in [2.75, 3.05) is 19.6 Å². The molecule has 1 rings (SSSR count). The molecule has 1 aliphatic heterocycles. The molecule has 0 bridgehead atoms. The van der Waals surface area contributed by atoms with Crippen LogP contribution in [-0.2, 0) is 4.79 Å². The maximum atomic E-state index is 12.4. The van der Waals surface area contributed by atoms with Gasteiger partial charge in [0.05, 0.1) is 5.92 Å². The summed E-state index contributed by atoms with van der Waals surface area (Å²) in [5.74, 6) is 0.942. The number of hydrogen-bond acceptors (Lipinski definition) is 2. The fourth-order valence-electron chi connectivity index (χ4n) is 2.50. The molecule has 3 nitrogen and oxygen atoms in total. The second kappa shape index (κ2) is 7.70. The van der Waals surface area contributed by atoms with Gasteiger partial charge in [-0.05, 0) is 25.2 Å². The molecular weight excluding hydrogens is 212 g/mol. The first-order valence-electron chi connectivity index (χ1n) is 7.17. The number of likely N-dealkylation sites (tertiary alicyclic amines) is 1. The minimum absolute atomic E-state index is 0.0445. The van der Waals surface area contributed by atoms with Gasteiger partial charge in [-0.25, -0.2) is 0 Å². The maximum absolute atomic E-state index is 12.4. The van der Waals surface area contributed by atoms with Crippen LogP contribution in [0.3, 0.4) is 0 Å². The van der Waals surface area contributed by atoms with E-state index in [1.54, 1.807) is 0 Å². The molecule has 0 spiro atoms. The standard InChI is InChI=1S/C14H28N2O/c1-3-12(2)10-13(11-15)14(17)16-8-6-4-5-7-9-16/h12-13H,3-11,15H2,1-2H3. The van der Waals surface area contributed by atoms with Gasteiger partial charge in [0, 0.05) is 19.6 Å². The second-order valence-electron chi connectivity index (χ2n) is 5.42. The molecule has 2 N–H and O–H groups in total. The van der Waals surface area contributed by atoms with Crippen molar-refractivity contribution in [2.45, 2.75) is 52.4 Å². The quantitative estimate of drug-likeness (QED) is 0.802. The van der Waals surface area contributed by atoms with Crippen molar-refractivity contribution in [3.05, 3.63) is 0 Å². The van der Waals surface area contributed by atoms with Gasteiger partial charge in [0.15, 0.2) is 0 Å². The molecule has 0 aromatic heterocycles. The van der Waals surface area contributed by atoms with Crippen molar-refractivity contribution >= 4 is 5.91 Å². The first kappa shape index (κ1) is 14.5. The SMILES string of the molecule is CCC(C)CC(CN)C(=O)N1CCCCCC1. The molecule has 0 aliphatic carbocycles. The Balaban J connectivity index is 2.51. The first-order valence-corrected chi connectivity index (χ1v) is 7.17. The molecule has 1 heterocycles. The lowest BCUT2D eigenvalue weighted by molar-refractivity contribution is -0.135. The summed E-state index contributed by atoms with van der Waals surface area (Å²) in [6.45, 7) is 6.76. The molecule has 1 amide bonds. The van der Waals surface area contributed by atoms with Crippen molar-refractivity contribution in [2.24, 2.45) is 17.6 Å². The highest BCUT2D eigenvalue weighted by Crippen LogP contribution is 2.19. The molecule has 0 aromatic rings. The molecule has 3 heteroatoms. The van der Waals surface area contributed by atoms with Gasteiger partial charge in [0.25, 0.3) is 0 Å². The summed E-state index contributed by atoms with van der Waals surface area (Å²) in [5, 5.41) is 0. The molecule has 2 unspecified atom stereocenters. The van der Waals surface area contributed by atoms with Crippen LogP contribution in [0.4, 0.5) is 0 Å². The van der Waals surface area contributed by atoms with E-state index in [1.807, 2.05) is 4.90 Å². The lowest BCUT2D eigenvalue weighted by Crippen LogP contribution is -2.40. The highest BCUT2D eigenvalue weighted by Gasteiger charge is 2.24. The largest absolute Gasteiger partial charge is 0.342 e. The summed E-state index contributed by atoms with van der Waals surface area (Å²) in [4.78, 5) is 14.4. The van der Waals surface area contributed by atoms with E-state index in [0.717, 1.165) is 38.8 Å². The summed E-state index contributed by atoms with van der Waals surface area (Å²) in [7, 11) is 0. The zero-order valence-electron chi connectivity index (χ0n) is 11.5. The predicted octanol–water partition coefficient (Wildman–Crippen LogP) is 2.40. The first-order chi connectivity index (χ1) is 8.19. The Labute approximate surface area is 106 Å². The van der Waals surface area contributed by atoms with Crippen LogP contribution in [0.25, 0.3) is 0 Å². The lowest BCUT2D eigenvalue weighted by Gasteiger charge is -2.26. The average molecular weight is 240 g/mol. The van der Waals surface area contributed by atoms with E-state index in [4.69, 9.17) is 5.73 Å². The van der Waals surface area contributed by atoms with Crippen molar-refractivity contribution in [1.29, 1.82) is 0 Å². The Morgan fingerprint density at radius 2 is 1.82 bits per heavy atom. The summed E-state index contributed by atoms with van der Waals surface area (Å²) in [6.07, 6.45) is 6.93. The Hall–Kier alpha value is -0.570. The molecule has 0 saturated carbocycles. The molecule has 2 atom stereocenters. The zero-order chi connectivity index (χ0) is 12.7. The maximum Gasteiger partial charge on any atom is 0.226 e. The fraction of sp³-hybridized carbons (Fsp3) is 0.929. The van der Waals surface area contributed by atoms with Gasteiger partial charge in [-0.1, -0.05) is 33.1 Å². The van der Waals surface area contributed by atoms with Crippen LogP contribution >= 0.6 is 0 Å². The Kier molecular flexibility index (Phi) is 6.56. The van der Waals surface area contributed by atoms with Crippen LogP contribution in [-0.4, -0.2) is 30.4 Å². The monoisotopic (exact) mass is 240 g/mol. The average Bonchev–Trinajstić information content (AvgIpc) is 2.63. The number of carbonyl (C=O) groups excluding carboxylic acids is 1. The number of nitrogens with zero attached hydrogens (tertiary/aromatic N) is 1. The number of carbonyl (C=O) groups is 1. The zero-order valence-corrected chi connectivity index (χ0v) is 11.5. The van der Waals surface area contributed by atoms with Crippen molar-refractivity contribution in [3.63, 3.8) is 0 Å². The minimum Gasteiger partial charge on any atom is -0.342 e. The Bertz CT molecular complexity index is 222. The summed E-state index contributed by atoms with van der Waals surface area (Å²) < 4.78 is 0. The van der Waals surface area contributed by atoms with Gasteiger partial charge in [0.2, 0.25) is 5.91 Å². The summed E-state index contributed by atoms with van der Waals surface area (Å²) >= 11 is 0. The normalized spacial score (nSPS) is 20.8. The van der Waals surface area contributed by atoms with E-state index in [0.29, 0.717) is 18.4 Å². The number of hydrogen-bond donors (Lipinski definition) is 1. The van der Waals surface area contributed by atoms with E-state index < -0.39 is 0 Å². The second-order valence-corrected chi connectivity index (χ2v) is 5.42. The third-order valence-corrected chi connectivity index (χ3v) is 3.94. The Morgan fingerprint density at radius 1 is 1.24 bits per heavy atom. The number of rotatable bonds is 5. The van der Waals surface area contributed by atoms with Crippen LogP contribution in [0.1, 0.15) is 52.4 Å². The van der Waals surface area contributed by atoms with Gasteiger partial charge in [-0.2, -0.15) is 0 Å². The van der Waals surface area contributed by atoms with Crippen LogP contribution in [0.5, 0.6) is 0 Å². The number of nitrogens with two attached hydrogens (primary N) is 1. The third-order valence-electron chi connectivity index (χ3n) is 3.94. The molecule has 1 saturated heterocycles. The van der Waals surface area contributed by atoms with E-state index in [9.17, 15) is 4.79 Å². The Morgan fingerprint density at radius 3 is 2.29 bits per heavy atom. The molecular formula is C14H28N2O. The van der Waals surface area contributed by atoms with E-state index in [-0.39, 0.29) is 5.92 Å². The van der Waals surface area contributed by atoms with Gasteiger partial charge < -0.3 is 10.6 Å². The third kappa shape index (κ3) is 4.66. The smallest absolute Gasteiger partial charge is 0.226 e. The van der Waals surface area contributed by atoms with Crippen molar-refractivity contribution in [1.82, 2.24) is 4.90 Å². The number of amides is 1. The van der Waals surface area contributed by atoms with Crippen molar-refractivity contribution in [3.8, 4) is 0 Å². The minimum atomic E-state index is 0.0445. The molecule has 17 heavy (non-hydrogen) atoms. The summed E-state index contributed by atoms with van der Waals surface area (Å²) in [6, 6.07) is 0. The van der Waals surface area contributed by atoms with Gasteiger partial charge >= 0.3 is 0 Å². The molecule has 0 aromatic carbocycles. The van der Waals surface area contributed by atoms with Crippen LogP contribution in [0, 0.1) is 11.8 Å². The topological polar surface area (TPSA) is 46.3 Å². The van der Waals surface area contributed by atoms with E-state index in [2.05, 4.69) is 13.8 Å². The predicted molar refractivity (Wildman–Crippen MR) is 71.7 cm³/mol.